The zero-order chi connectivity index (χ0) is 24.8. The molecular weight excluding hydrogens is 414 g/mol. The highest BCUT2D eigenvalue weighted by Crippen LogP contribution is 2.45. The van der Waals surface area contributed by atoms with Crippen LogP contribution in [0.5, 0.6) is 0 Å². The number of hydrogen-bond donors (Lipinski definition) is 3. The number of allylic oxidation sites excluding steroid dienone is 3. The van der Waals surface area contributed by atoms with Gasteiger partial charge in [-0.15, -0.1) is 0 Å². The van der Waals surface area contributed by atoms with Crippen LogP contribution >= 0.6 is 0 Å². The number of rotatable bonds is 12. The molecule has 0 aromatic carbocycles. The first kappa shape index (κ1) is 27.9. The minimum Gasteiger partial charge on any atom is -0.492 e. The molecule has 33 heavy (non-hydrogen) atoms. The van der Waals surface area contributed by atoms with E-state index in [0.717, 1.165) is 70.0 Å². The lowest BCUT2D eigenvalue weighted by molar-refractivity contribution is -0.121. The van der Waals surface area contributed by atoms with Crippen molar-refractivity contribution in [2.24, 2.45) is 23.5 Å². The van der Waals surface area contributed by atoms with Gasteiger partial charge in [0.05, 0.1) is 17.5 Å². The van der Waals surface area contributed by atoms with Crippen LogP contribution in [0, 0.1) is 17.8 Å². The predicted molar refractivity (Wildman–Crippen MR) is 134 cm³/mol. The fourth-order valence-electron chi connectivity index (χ4n) is 5.26. The van der Waals surface area contributed by atoms with Crippen LogP contribution < -0.4 is 5.73 Å². The average molecular weight is 464 g/mol. The number of aliphatic hydroxyl groups excluding tert-OH is 1. The van der Waals surface area contributed by atoms with E-state index in [-0.39, 0.29) is 35.4 Å². The van der Waals surface area contributed by atoms with E-state index in [4.69, 9.17) is 10.5 Å². The van der Waals surface area contributed by atoms with E-state index in [2.05, 4.69) is 33.8 Å². The molecule has 0 saturated carbocycles. The molecule has 6 atom stereocenters. The molecule has 0 bridgehead atoms. The second-order valence-electron chi connectivity index (χ2n) is 11.6. The quantitative estimate of drug-likeness (QED) is 0.320. The summed E-state index contributed by atoms with van der Waals surface area (Å²) in [5.41, 5.74) is 7.20. The zero-order valence-electron chi connectivity index (χ0n) is 22.0. The minimum atomic E-state index is -0.687. The number of ether oxygens (including phenoxy) is 1. The van der Waals surface area contributed by atoms with Crippen molar-refractivity contribution in [3.05, 3.63) is 23.0 Å². The largest absolute Gasteiger partial charge is 0.492 e. The molecule has 5 nitrogen and oxygen atoms in total. The van der Waals surface area contributed by atoms with Crippen LogP contribution in [0.3, 0.4) is 0 Å². The Morgan fingerprint density at radius 1 is 1.33 bits per heavy atom. The number of aliphatic hydroxyl groups is 2. The van der Waals surface area contributed by atoms with Crippen LogP contribution in [0.2, 0.25) is 0 Å². The van der Waals surface area contributed by atoms with Crippen molar-refractivity contribution in [3.63, 3.8) is 0 Å². The highest BCUT2D eigenvalue weighted by molar-refractivity contribution is 5.76. The SMILES string of the molecule is C/C(=C\CCC1(C)CCC2=C(O1)C(C)C(C)C(O)C2)CCCC(C)(O)CCCC(C)C(N)=O. The Kier molecular flexibility index (Phi) is 10.0. The molecule has 2 aliphatic rings. The van der Waals surface area contributed by atoms with Gasteiger partial charge in [-0.05, 0) is 103 Å². The third kappa shape index (κ3) is 8.43. The second kappa shape index (κ2) is 11.9. The maximum Gasteiger partial charge on any atom is 0.220 e. The third-order valence-electron chi connectivity index (χ3n) is 8.22. The zero-order valence-corrected chi connectivity index (χ0v) is 22.0. The monoisotopic (exact) mass is 463 g/mol. The molecule has 0 saturated heterocycles. The molecule has 4 N–H and O–H groups in total. The summed E-state index contributed by atoms with van der Waals surface area (Å²) in [5.74, 6) is 1.29. The van der Waals surface area contributed by atoms with Crippen LogP contribution in [-0.4, -0.2) is 33.4 Å². The summed E-state index contributed by atoms with van der Waals surface area (Å²) < 4.78 is 6.56. The van der Waals surface area contributed by atoms with Crippen molar-refractivity contribution in [1.29, 1.82) is 0 Å². The lowest BCUT2D eigenvalue weighted by Gasteiger charge is -2.44. The summed E-state index contributed by atoms with van der Waals surface area (Å²) in [6.45, 7) is 12.5. The normalized spacial score (nSPS) is 30.9. The van der Waals surface area contributed by atoms with Crippen LogP contribution in [0.15, 0.2) is 23.0 Å². The molecule has 0 aromatic heterocycles. The summed E-state index contributed by atoms with van der Waals surface area (Å²) in [5, 5.41) is 20.9. The van der Waals surface area contributed by atoms with Crippen LogP contribution in [-0.2, 0) is 9.53 Å². The molecule has 5 heteroatoms. The number of nitrogens with two attached hydrogens (primary N) is 1. The van der Waals surface area contributed by atoms with Crippen LogP contribution in [0.1, 0.15) is 112 Å². The van der Waals surface area contributed by atoms with Gasteiger partial charge < -0.3 is 20.7 Å². The molecule has 0 radical (unpaired) electrons. The smallest absolute Gasteiger partial charge is 0.220 e. The number of carbonyl (C=O) groups is 1. The maximum absolute atomic E-state index is 11.1. The Hall–Kier alpha value is -1.33. The lowest BCUT2D eigenvalue weighted by Crippen LogP contribution is -2.40. The first-order valence-corrected chi connectivity index (χ1v) is 13.1. The van der Waals surface area contributed by atoms with Gasteiger partial charge in [0, 0.05) is 11.8 Å². The van der Waals surface area contributed by atoms with Crippen molar-refractivity contribution >= 4 is 5.91 Å². The highest BCUT2D eigenvalue weighted by Gasteiger charge is 2.40. The van der Waals surface area contributed by atoms with E-state index in [1.165, 1.54) is 11.1 Å². The van der Waals surface area contributed by atoms with E-state index in [0.29, 0.717) is 6.42 Å². The van der Waals surface area contributed by atoms with Crippen LogP contribution in [0.25, 0.3) is 0 Å². The molecule has 1 aliphatic heterocycles. The van der Waals surface area contributed by atoms with Gasteiger partial charge in [0.25, 0.3) is 0 Å². The van der Waals surface area contributed by atoms with Gasteiger partial charge in [0.1, 0.15) is 5.60 Å². The predicted octanol–water partition coefficient (Wildman–Crippen LogP) is 5.79. The van der Waals surface area contributed by atoms with Crippen molar-refractivity contribution in [2.75, 3.05) is 0 Å². The average Bonchev–Trinajstić information content (AvgIpc) is 2.72. The van der Waals surface area contributed by atoms with Crippen molar-refractivity contribution < 1.29 is 19.7 Å². The standard InChI is InChI=1S/C28H49NO4/c1-19(10-7-14-27(5,32)15-9-12-20(2)26(29)31)11-8-16-28(6)17-13-23-18-24(30)21(3)22(4)25(23)33-28/h11,20-22,24,30,32H,7-10,12-18H2,1-6H3,(H2,29,31)/b19-11+. The number of amides is 1. The van der Waals surface area contributed by atoms with E-state index in [9.17, 15) is 15.0 Å². The summed E-state index contributed by atoms with van der Waals surface area (Å²) >= 11 is 0. The Morgan fingerprint density at radius 3 is 2.67 bits per heavy atom. The first-order valence-electron chi connectivity index (χ1n) is 13.1. The first-order chi connectivity index (χ1) is 15.3. The maximum atomic E-state index is 11.1. The van der Waals surface area contributed by atoms with Gasteiger partial charge in [0.2, 0.25) is 5.91 Å². The number of carbonyl (C=O) groups excluding carboxylic acids is 1. The fourth-order valence-corrected chi connectivity index (χ4v) is 5.26. The van der Waals surface area contributed by atoms with Gasteiger partial charge in [-0.3, -0.25) is 4.79 Å². The van der Waals surface area contributed by atoms with E-state index in [1.807, 2.05) is 13.8 Å². The van der Waals surface area contributed by atoms with Crippen molar-refractivity contribution in [2.45, 2.75) is 129 Å². The van der Waals surface area contributed by atoms with E-state index >= 15 is 0 Å². The van der Waals surface area contributed by atoms with E-state index in [1.54, 1.807) is 0 Å². The molecule has 190 valence electrons. The van der Waals surface area contributed by atoms with Crippen LogP contribution in [0.4, 0.5) is 0 Å². The molecule has 2 rings (SSSR count). The Labute approximate surface area is 201 Å². The van der Waals surface area contributed by atoms with Crippen molar-refractivity contribution in [3.8, 4) is 0 Å². The van der Waals surface area contributed by atoms with E-state index < -0.39 is 5.60 Å². The number of primary amides is 1. The molecule has 1 heterocycles. The van der Waals surface area contributed by atoms with Gasteiger partial charge >= 0.3 is 0 Å². The summed E-state index contributed by atoms with van der Waals surface area (Å²) in [6, 6.07) is 0. The Balaban J connectivity index is 1.73. The molecule has 6 unspecified atom stereocenters. The lowest BCUT2D eigenvalue weighted by atomic mass is 9.75. The Bertz CT molecular complexity index is 725. The third-order valence-corrected chi connectivity index (χ3v) is 8.22. The van der Waals surface area contributed by atoms with Gasteiger partial charge in [0.15, 0.2) is 0 Å². The minimum absolute atomic E-state index is 0.125. The van der Waals surface area contributed by atoms with Gasteiger partial charge in [-0.25, -0.2) is 0 Å². The Morgan fingerprint density at radius 2 is 2.00 bits per heavy atom. The molecule has 0 spiro atoms. The van der Waals surface area contributed by atoms with Gasteiger partial charge in [-0.1, -0.05) is 32.4 Å². The highest BCUT2D eigenvalue weighted by atomic mass is 16.5. The summed E-state index contributed by atoms with van der Waals surface area (Å²) in [7, 11) is 0. The molecule has 0 fully saturated rings. The summed E-state index contributed by atoms with van der Waals surface area (Å²) in [6.07, 6.45) is 11.9. The van der Waals surface area contributed by atoms with Gasteiger partial charge in [-0.2, -0.15) is 0 Å². The van der Waals surface area contributed by atoms with Crippen molar-refractivity contribution in [1.82, 2.24) is 0 Å². The fraction of sp³-hybridized carbons (Fsp3) is 0.821. The molecule has 1 aliphatic carbocycles. The number of hydrogen-bond acceptors (Lipinski definition) is 4. The topological polar surface area (TPSA) is 92.8 Å². The molecule has 1 amide bonds. The molecule has 0 aromatic rings. The summed E-state index contributed by atoms with van der Waals surface area (Å²) in [4.78, 5) is 11.1. The second-order valence-corrected chi connectivity index (χ2v) is 11.6. The molecular formula is C28H49NO4.